The van der Waals surface area contributed by atoms with Gasteiger partial charge in [0.25, 0.3) is 0 Å². The van der Waals surface area contributed by atoms with Crippen molar-refractivity contribution in [1.82, 2.24) is 9.97 Å². The molecule has 5 heteroatoms. The highest BCUT2D eigenvalue weighted by Crippen LogP contribution is 2.31. The van der Waals surface area contributed by atoms with E-state index in [1.165, 1.54) is 0 Å². The highest BCUT2D eigenvalue weighted by Gasteiger charge is 2.10. The highest BCUT2D eigenvalue weighted by atomic mass is 16.5. The van der Waals surface area contributed by atoms with E-state index in [9.17, 15) is 0 Å². The fourth-order valence-corrected chi connectivity index (χ4v) is 2.29. The third kappa shape index (κ3) is 2.98. The molecular weight excluding hydrogens is 280 g/mol. The van der Waals surface area contributed by atoms with Crippen molar-refractivity contribution < 1.29 is 14.2 Å². The molecule has 114 valence electrons. The highest BCUT2D eigenvalue weighted by molar-refractivity contribution is 5.79. The van der Waals surface area contributed by atoms with Gasteiger partial charge in [0.1, 0.15) is 11.6 Å². The van der Waals surface area contributed by atoms with Gasteiger partial charge < -0.3 is 19.2 Å². The standard InChI is InChI=1S/C17H18N2O3/c1-20-15-10-13-14(11-16(15)21-2)19-17(18-13)8-9-22-12-6-4-3-5-7-12/h3-7,10-11H,8-9H2,1-2H3,(H,18,19). The Kier molecular flexibility index (Phi) is 4.14. The van der Waals surface area contributed by atoms with E-state index in [4.69, 9.17) is 14.2 Å². The predicted octanol–water partition coefficient (Wildman–Crippen LogP) is 3.20. The van der Waals surface area contributed by atoms with E-state index < -0.39 is 0 Å². The third-order valence-electron chi connectivity index (χ3n) is 3.39. The number of hydrogen-bond acceptors (Lipinski definition) is 4. The van der Waals surface area contributed by atoms with Crippen LogP contribution in [0, 0.1) is 0 Å². The molecule has 1 heterocycles. The van der Waals surface area contributed by atoms with Gasteiger partial charge in [-0.1, -0.05) is 18.2 Å². The molecule has 0 saturated carbocycles. The molecule has 0 aliphatic rings. The van der Waals surface area contributed by atoms with Crippen LogP contribution in [0.2, 0.25) is 0 Å². The maximum absolute atomic E-state index is 5.69. The summed E-state index contributed by atoms with van der Waals surface area (Å²) in [6.07, 6.45) is 0.703. The summed E-state index contributed by atoms with van der Waals surface area (Å²) in [5.41, 5.74) is 1.78. The zero-order valence-corrected chi connectivity index (χ0v) is 12.6. The summed E-state index contributed by atoms with van der Waals surface area (Å²) in [7, 11) is 3.24. The van der Waals surface area contributed by atoms with E-state index >= 15 is 0 Å². The largest absolute Gasteiger partial charge is 0.493 e. The lowest BCUT2D eigenvalue weighted by Gasteiger charge is -2.06. The predicted molar refractivity (Wildman–Crippen MR) is 84.8 cm³/mol. The van der Waals surface area contributed by atoms with Crippen molar-refractivity contribution >= 4 is 11.0 Å². The van der Waals surface area contributed by atoms with Gasteiger partial charge in [-0.15, -0.1) is 0 Å². The van der Waals surface area contributed by atoms with Crippen molar-refractivity contribution in [1.29, 1.82) is 0 Å². The summed E-state index contributed by atoms with van der Waals surface area (Å²) >= 11 is 0. The van der Waals surface area contributed by atoms with Crippen LogP contribution in [0.25, 0.3) is 11.0 Å². The first-order valence-electron chi connectivity index (χ1n) is 7.08. The molecule has 3 aromatic rings. The molecular formula is C17H18N2O3. The van der Waals surface area contributed by atoms with Gasteiger partial charge in [-0.25, -0.2) is 4.98 Å². The third-order valence-corrected chi connectivity index (χ3v) is 3.39. The maximum Gasteiger partial charge on any atom is 0.163 e. The van der Waals surface area contributed by atoms with Crippen molar-refractivity contribution in [2.75, 3.05) is 20.8 Å². The number of fused-ring (bicyclic) bond motifs is 1. The van der Waals surface area contributed by atoms with Crippen LogP contribution in [0.4, 0.5) is 0 Å². The summed E-state index contributed by atoms with van der Waals surface area (Å²) in [5, 5.41) is 0. The average molecular weight is 298 g/mol. The number of rotatable bonds is 6. The molecule has 1 aromatic heterocycles. The first-order chi connectivity index (χ1) is 10.8. The van der Waals surface area contributed by atoms with Gasteiger partial charge in [-0.05, 0) is 12.1 Å². The monoisotopic (exact) mass is 298 g/mol. The first kappa shape index (κ1) is 14.3. The SMILES string of the molecule is COc1cc2nc(CCOc3ccccc3)[nH]c2cc1OC. The Balaban J connectivity index is 1.72. The first-order valence-corrected chi connectivity index (χ1v) is 7.08. The fourth-order valence-electron chi connectivity index (χ4n) is 2.29. The zero-order chi connectivity index (χ0) is 15.4. The average Bonchev–Trinajstić information content (AvgIpc) is 2.96. The van der Waals surface area contributed by atoms with E-state index in [1.54, 1.807) is 14.2 Å². The molecule has 0 spiro atoms. The van der Waals surface area contributed by atoms with Gasteiger partial charge in [0.05, 0.1) is 31.9 Å². The van der Waals surface area contributed by atoms with Crippen molar-refractivity contribution in [2.45, 2.75) is 6.42 Å². The number of aromatic amines is 1. The lowest BCUT2D eigenvalue weighted by atomic mass is 10.3. The summed E-state index contributed by atoms with van der Waals surface area (Å²) in [4.78, 5) is 7.84. The van der Waals surface area contributed by atoms with Gasteiger partial charge in [0.15, 0.2) is 11.5 Å². The van der Waals surface area contributed by atoms with Gasteiger partial charge in [0.2, 0.25) is 0 Å². The van der Waals surface area contributed by atoms with Gasteiger partial charge >= 0.3 is 0 Å². The molecule has 0 radical (unpaired) electrons. The molecule has 3 rings (SSSR count). The van der Waals surface area contributed by atoms with E-state index in [0.29, 0.717) is 24.5 Å². The number of hydrogen-bond donors (Lipinski definition) is 1. The normalized spacial score (nSPS) is 10.6. The number of ether oxygens (including phenoxy) is 3. The minimum absolute atomic E-state index is 0.568. The second kappa shape index (κ2) is 6.39. The molecule has 0 unspecified atom stereocenters. The van der Waals surface area contributed by atoms with Crippen LogP contribution >= 0.6 is 0 Å². The summed E-state index contributed by atoms with van der Waals surface area (Å²) in [6.45, 7) is 0.568. The van der Waals surface area contributed by atoms with Crippen LogP contribution in [0.3, 0.4) is 0 Å². The lowest BCUT2D eigenvalue weighted by molar-refractivity contribution is 0.319. The Bertz CT molecular complexity index is 712. The Morgan fingerprint density at radius 3 is 2.45 bits per heavy atom. The van der Waals surface area contributed by atoms with Gasteiger partial charge in [-0.3, -0.25) is 0 Å². The minimum atomic E-state index is 0.568. The van der Waals surface area contributed by atoms with Crippen LogP contribution in [-0.4, -0.2) is 30.8 Å². The maximum atomic E-state index is 5.69. The molecule has 5 nitrogen and oxygen atoms in total. The molecule has 0 bridgehead atoms. The van der Waals surface area contributed by atoms with E-state index in [2.05, 4.69) is 9.97 Å². The number of aromatic nitrogens is 2. The quantitative estimate of drug-likeness (QED) is 0.759. The number of nitrogens with zero attached hydrogens (tertiary/aromatic N) is 1. The van der Waals surface area contributed by atoms with Crippen LogP contribution < -0.4 is 14.2 Å². The smallest absolute Gasteiger partial charge is 0.163 e. The van der Waals surface area contributed by atoms with Gasteiger partial charge in [0, 0.05) is 18.6 Å². The molecule has 22 heavy (non-hydrogen) atoms. The molecule has 0 aliphatic carbocycles. The second-order valence-corrected chi connectivity index (χ2v) is 4.82. The lowest BCUT2D eigenvalue weighted by Crippen LogP contribution is -2.02. The molecule has 0 amide bonds. The second-order valence-electron chi connectivity index (χ2n) is 4.82. The van der Waals surface area contributed by atoms with Crippen LogP contribution in [-0.2, 0) is 6.42 Å². The summed E-state index contributed by atoms with van der Waals surface area (Å²) in [6, 6.07) is 13.5. The van der Waals surface area contributed by atoms with Crippen molar-refractivity contribution in [2.24, 2.45) is 0 Å². The topological polar surface area (TPSA) is 56.4 Å². The molecule has 0 saturated heterocycles. The summed E-state index contributed by atoms with van der Waals surface area (Å²) in [5.74, 6) is 3.10. The number of imidazole rings is 1. The number of methoxy groups -OCH3 is 2. The van der Waals surface area contributed by atoms with Crippen LogP contribution in [0.15, 0.2) is 42.5 Å². The molecule has 0 aliphatic heterocycles. The van der Waals surface area contributed by atoms with E-state index in [0.717, 1.165) is 22.6 Å². The number of nitrogens with one attached hydrogen (secondary N) is 1. The molecule has 2 aromatic carbocycles. The molecule has 0 atom stereocenters. The Hall–Kier alpha value is -2.69. The summed E-state index contributed by atoms with van der Waals surface area (Å²) < 4.78 is 16.3. The Morgan fingerprint density at radius 2 is 1.73 bits per heavy atom. The fraction of sp³-hybridized carbons (Fsp3) is 0.235. The van der Waals surface area contributed by atoms with Crippen LogP contribution in [0.5, 0.6) is 17.2 Å². The van der Waals surface area contributed by atoms with Crippen LogP contribution in [0.1, 0.15) is 5.82 Å². The molecule has 0 fully saturated rings. The number of H-pyrrole nitrogens is 1. The number of para-hydroxylation sites is 1. The Labute approximate surface area is 128 Å². The van der Waals surface area contributed by atoms with Crippen molar-refractivity contribution in [3.05, 3.63) is 48.3 Å². The Morgan fingerprint density at radius 1 is 1.00 bits per heavy atom. The van der Waals surface area contributed by atoms with Crippen molar-refractivity contribution in [3.63, 3.8) is 0 Å². The molecule has 1 N–H and O–H groups in total. The van der Waals surface area contributed by atoms with Gasteiger partial charge in [-0.2, -0.15) is 0 Å². The van der Waals surface area contributed by atoms with E-state index in [1.807, 2.05) is 42.5 Å². The number of benzene rings is 2. The van der Waals surface area contributed by atoms with E-state index in [-0.39, 0.29) is 0 Å². The minimum Gasteiger partial charge on any atom is -0.493 e. The zero-order valence-electron chi connectivity index (χ0n) is 12.6. The van der Waals surface area contributed by atoms with Crippen molar-refractivity contribution in [3.8, 4) is 17.2 Å².